The van der Waals surface area contributed by atoms with Crippen LogP contribution in [-0.2, 0) is 4.74 Å². The first kappa shape index (κ1) is 13.2. The van der Waals surface area contributed by atoms with Crippen LogP contribution in [0.5, 0.6) is 0 Å². The summed E-state index contributed by atoms with van der Waals surface area (Å²) in [6.07, 6.45) is 3.00. The van der Waals surface area contributed by atoms with Gasteiger partial charge in [-0.25, -0.2) is 0 Å². The summed E-state index contributed by atoms with van der Waals surface area (Å²) in [6.45, 7) is 2.25. The number of ether oxygens (including phenoxy) is 1. The van der Waals surface area contributed by atoms with Crippen molar-refractivity contribution in [2.75, 3.05) is 26.4 Å². The van der Waals surface area contributed by atoms with Gasteiger partial charge in [-0.05, 0) is 25.8 Å². The number of hydrogen-bond donors (Lipinski definition) is 4. The molecule has 0 radical (unpaired) electrons. The summed E-state index contributed by atoms with van der Waals surface area (Å²) >= 11 is 0. The lowest BCUT2D eigenvalue weighted by Crippen LogP contribution is -2.52. The molecule has 1 saturated heterocycles. The van der Waals surface area contributed by atoms with Gasteiger partial charge in [0.15, 0.2) is 0 Å². The topological polar surface area (TPSA) is 100 Å². The van der Waals surface area contributed by atoms with Crippen molar-refractivity contribution in [3.63, 3.8) is 0 Å². The van der Waals surface area contributed by atoms with E-state index in [2.05, 4.69) is 10.5 Å². The van der Waals surface area contributed by atoms with Crippen molar-refractivity contribution in [2.45, 2.75) is 31.2 Å². The predicted molar refractivity (Wildman–Crippen MR) is 60.5 cm³/mol. The maximum absolute atomic E-state index is 9.39. The highest BCUT2D eigenvalue weighted by Gasteiger charge is 2.30. The van der Waals surface area contributed by atoms with E-state index in [1.165, 1.54) is 0 Å². The van der Waals surface area contributed by atoms with E-state index in [1.54, 1.807) is 0 Å². The standard InChI is InChI=1S/C10H21N3O3/c11-9(13-15)2-1-5-12-10(8-14)3-6-16-7-4-10/h12,14-15H,1-8H2,(H2,11,13). The fourth-order valence-corrected chi connectivity index (χ4v) is 1.83. The number of nitrogens with two attached hydrogens (primary N) is 1. The maximum atomic E-state index is 9.39. The van der Waals surface area contributed by atoms with Gasteiger partial charge in [0.05, 0.1) is 6.61 Å². The number of rotatable bonds is 6. The molecule has 0 aromatic heterocycles. The number of aliphatic hydroxyl groups excluding tert-OH is 1. The summed E-state index contributed by atoms with van der Waals surface area (Å²) in [5.74, 6) is 0.242. The molecule has 0 bridgehead atoms. The Morgan fingerprint density at radius 2 is 2.12 bits per heavy atom. The molecular weight excluding hydrogens is 210 g/mol. The van der Waals surface area contributed by atoms with Crippen LogP contribution in [0.4, 0.5) is 0 Å². The van der Waals surface area contributed by atoms with Gasteiger partial charge in [0.1, 0.15) is 5.84 Å². The minimum Gasteiger partial charge on any atom is -0.409 e. The van der Waals surface area contributed by atoms with Gasteiger partial charge in [-0.1, -0.05) is 5.16 Å². The molecule has 0 aromatic rings. The summed E-state index contributed by atoms with van der Waals surface area (Å²) in [7, 11) is 0. The van der Waals surface area contributed by atoms with E-state index >= 15 is 0 Å². The fourth-order valence-electron chi connectivity index (χ4n) is 1.83. The number of hydrogen-bond acceptors (Lipinski definition) is 5. The number of nitrogens with one attached hydrogen (secondary N) is 1. The molecule has 0 unspecified atom stereocenters. The summed E-state index contributed by atoms with van der Waals surface area (Å²) < 4.78 is 5.27. The van der Waals surface area contributed by atoms with Crippen LogP contribution in [0.25, 0.3) is 0 Å². The van der Waals surface area contributed by atoms with Crippen molar-refractivity contribution in [1.82, 2.24) is 5.32 Å². The lowest BCUT2D eigenvalue weighted by molar-refractivity contribution is 0.0121. The molecule has 5 N–H and O–H groups in total. The number of oxime groups is 1. The minimum absolute atomic E-state index is 0.125. The van der Waals surface area contributed by atoms with Gasteiger partial charge >= 0.3 is 0 Å². The van der Waals surface area contributed by atoms with Gasteiger partial charge in [0, 0.05) is 25.2 Å². The zero-order chi connectivity index (χ0) is 11.9. The van der Waals surface area contributed by atoms with Crippen LogP contribution in [0, 0.1) is 0 Å². The second-order valence-electron chi connectivity index (χ2n) is 4.17. The van der Waals surface area contributed by atoms with E-state index in [0.717, 1.165) is 25.8 Å². The van der Waals surface area contributed by atoms with Gasteiger partial charge in [0.2, 0.25) is 0 Å². The largest absolute Gasteiger partial charge is 0.409 e. The second kappa shape index (κ2) is 6.67. The molecule has 94 valence electrons. The normalized spacial score (nSPS) is 20.9. The molecular formula is C10H21N3O3. The van der Waals surface area contributed by atoms with Crippen LogP contribution < -0.4 is 11.1 Å². The van der Waals surface area contributed by atoms with E-state index in [0.29, 0.717) is 19.6 Å². The molecule has 1 aliphatic rings. The van der Waals surface area contributed by atoms with Crippen molar-refractivity contribution in [3.8, 4) is 0 Å². The third-order valence-corrected chi connectivity index (χ3v) is 2.99. The third-order valence-electron chi connectivity index (χ3n) is 2.99. The molecule has 1 fully saturated rings. The van der Waals surface area contributed by atoms with E-state index in [-0.39, 0.29) is 18.0 Å². The van der Waals surface area contributed by atoms with Crippen molar-refractivity contribution in [1.29, 1.82) is 0 Å². The van der Waals surface area contributed by atoms with Crippen molar-refractivity contribution in [2.24, 2.45) is 10.9 Å². The van der Waals surface area contributed by atoms with Gasteiger partial charge in [0.25, 0.3) is 0 Å². The molecule has 1 rings (SSSR count). The van der Waals surface area contributed by atoms with Crippen LogP contribution in [0.15, 0.2) is 5.16 Å². The molecule has 6 nitrogen and oxygen atoms in total. The Morgan fingerprint density at radius 1 is 1.44 bits per heavy atom. The van der Waals surface area contributed by atoms with Crippen LogP contribution in [-0.4, -0.2) is 48.1 Å². The quantitative estimate of drug-likeness (QED) is 0.164. The Balaban J connectivity index is 2.23. The smallest absolute Gasteiger partial charge is 0.139 e. The van der Waals surface area contributed by atoms with Crippen LogP contribution in [0.2, 0.25) is 0 Å². The van der Waals surface area contributed by atoms with E-state index in [9.17, 15) is 5.11 Å². The summed E-state index contributed by atoms with van der Waals surface area (Å²) in [5, 5.41) is 24.0. The minimum atomic E-state index is -0.205. The van der Waals surface area contributed by atoms with Gasteiger partial charge < -0.3 is 26.1 Å². The predicted octanol–water partition coefficient (Wildman–Crippen LogP) is -0.356. The molecule has 0 atom stereocenters. The zero-order valence-corrected chi connectivity index (χ0v) is 9.48. The highest BCUT2D eigenvalue weighted by molar-refractivity contribution is 5.79. The molecule has 1 aliphatic heterocycles. The Kier molecular flexibility index (Phi) is 5.51. The zero-order valence-electron chi connectivity index (χ0n) is 9.48. The van der Waals surface area contributed by atoms with Gasteiger partial charge in [-0.3, -0.25) is 0 Å². The second-order valence-corrected chi connectivity index (χ2v) is 4.17. The maximum Gasteiger partial charge on any atom is 0.139 e. The van der Waals surface area contributed by atoms with Gasteiger partial charge in [-0.15, -0.1) is 0 Å². The Bertz CT molecular complexity index is 227. The number of aliphatic hydroxyl groups is 1. The number of amidine groups is 1. The first-order valence-corrected chi connectivity index (χ1v) is 5.62. The lowest BCUT2D eigenvalue weighted by Gasteiger charge is -2.36. The summed E-state index contributed by atoms with van der Waals surface area (Å²) in [6, 6.07) is 0. The monoisotopic (exact) mass is 231 g/mol. The van der Waals surface area contributed by atoms with Crippen molar-refractivity contribution < 1.29 is 15.1 Å². The first-order chi connectivity index (χ1) is 7.72. The Hall–Kier alpha value is -0.850. The molecule has 0 aliphatic carbocycles. The molecule has 6 heteroatoms. The molecule has 1 heterocycles. The highest BCUT2D eigenvalue weighted by atomic mass is 16.5. The van der Waals surface area contributed by atoms with Crippen molar-refractivity contribution >= 4 is 5.84 Å². The number of nitrogens with zero attached hydrogens (tertiary/aromatic N) is 1. The highest BCUT2D eigenvalue weighted by Crippen LogP contribution is 2.19. The average Bonchev–Trinajstić information content (AvgIpc) is 2.35. The Morgan fingerprint density at radius 3 is 2.69 bits per heavy atom. The third kappa shape index (κ3) is 3.96. The average molecular weight is 231 g/mol. The molecule has 0 amide bonds. The molecule has 0 saturated carbocycles. The lowest BCUT2D eigenvalue weighted by atomic mass is 9.91. The van der Waals surface area contributed by atoms with Gasteiger partial charge in [-0.2, -0.15) is 0 Å². The first-order valence-electron chi connectivity index (χ1n) is 5.62. The molecule has 0 aromatic carbocycles. The molecule has 16 heavy (non-hydrogen) atoms. The SMILES string of the molecule is NC(CCCNC1(CO)CCOCC1)=NO. The van der Waals surface area contributed by atoms with E-state index < -0.39 is 0 Å². The van der Waals surface area contributed by atoms with Crippen LogP contribution in [0.1, 0.15) is 25.7 Å². The van der Waals surface area contributed by atoms with Crippen LogP contribution in [0.3, 0.4) is 0 Å². The Labute approximate surface area is 95.5 Å². The van der Waals surface area contributed by atoms with Crippen LogP contribution >= 0.6 is 0 Å². The fraction of sp³-hybridized carbons (Fsp3) is 0.900. The summed E-state index contributed by atoms with van der Waals surface area (Å²) in [5.41, 5.74) is 5.16. The van der Waals surface area contributed by atoms with E-state index in [4.69, 9.17) is 15.7 Å². The summed E-state index contributed by atoms with van der Waals surface area (Å²) in [4.78, 5) is 0. The molecule has 0 spiro atoms. The van der Waals surface area contributed by atoms with Crippen molar-refractivity contribution in [3.05, 3.63) is 0 Å². The van der Waals surface area contributed by atoms with E-state index in [1.807, 2.05) is 0 Å².